The molecule has 0 amide bonds. The van der Waals surface area contributed by atoms with Gasteiger partial charge in [-0.1, -0.05) is 0 Å². The van der Waals surface area contributed by atoms with E-state index in [1.165, 1.54) is 6.26 Å². The van der Waals surface area contributed by atoms with Crippen molar-refractivity contribution in [2.75, 3.05) is 45.0 Å². The van der Waals surface area contributed by atoms with Crippen LogP contribution >= 0.6 is 0 Å². The first-order valence-electron chi connectivity index (χ1n) is 6.09. The Labute approximate surface area is 110 Å². The van der Waals surface area contributed by atoms with Crippen molar-refractivity contribution < 1.29 is 23.0 Å². The Morgan fingerprint density at radius 1 is 1.28 bits per heavy atom. The van der Waals surface area contributed by atoms with E-state index >= 15 is 0 Å². The number of ether oxygens (including phenoxy) is 2. The zero-order valence-electron chi connectivity index (χ0n) is 11.4. The molecular weight excluding hydrogens is 258 g/mol. The molecule has 110 valence electrons. The number of sulfone groups is 1. The monoisotopic (exact) mass is 283 g/mol. The molecule has 18 heavy (non-hydrogen) atoms. The number of hydrogen-bond acceptors (Lipinski definition) is 6. The average molecular weight is 283 g/mol. The number of rotatable bonds is 11. The van der Waals surface area contributed by atoms with Gasteiger partial charge < -0.3 is 19.9 Å². The number of nitrogens with one attached hydrogen (secondary N) is 1. The summed E-state index contributed by atoms with van der Waals surface area (Å²) >= 11 is 0. The molecule has 0 aliphatic rings. The Hall–Kier alpha value is -0.210. The molecule has 0 heterocycles. The van der Waals surface area contributed by atoms with Gasteiger partial charge >= 0.3 is 0 Å². The third-order valence-electron chi connectivity index (χ3n) is 2.14. The van der Waals surface area contributed by atoms with Crippen LogP contribution in [-0.2, 0) is 19.3 Å². The maximum Gasteiger partial charge on any atom is 0.148 e. The first-order valence-corrected chi connectivity index (χ1v) is 8.16. The molecule has 0 radical (unpaired) electrons. The summed E-state index contributed by atoms with van der Waals surface area (Å²) in [5.41, 5.74) is 0. The lowest BCUT2D eigenvalue weighted by molar-refractivity contribution is 0.00603. The maximum atomic E-state index is 11.0. The van der Waals surface area contributed by atoms with Crippen LogP contribution in [-0.4, -0.2) is 70.7 Å². The Balaban J connectivity index is 3.55. The van der Waals surface area contributed by atoms with Crippen molar-refractivity contribution in [3.8, 4) is 0 Å². The quantitative estimate of drug-likeness (QED) is 0.494. The van der Waals surface area contributed by atoms with Crippen LogP contribution in [0.4, 0.5) is 0 Å². The summed E-state index contributed by atoms with van der Waals surface area (Å²) in [6.45, 7) is 5.81. The van der Waals surface area contributed by atoms with Gasteiger partial charge in [0.05, 0.1) is 31.7 Å². The van der Waals surface area contributed by atoms with Crippen molar-refractivity contribution >= 4 is 9.84 Å². The van der Waals surface area contributed by atoms with Crippen molar-refractivity contribution in [2.45, 2.75) is 26.0 Å². The van der Waals surface area contributed by atoms with Gasteiger partial charge in [-0.2, -0.15) is 0 Å². The Kier molecular flexibility index (Phi) is 9.57. The minimum absolute atomic E-state index is 0.0604. The minimum Gasteiger partial charge on any atom is -0.389 e. The van der Waals surface area contributed by atoms with Gasteiger partial charge in [-0.15, -0.1) is 0 Å². The van der Waals surface area contributed by atoms with Crippen LogP contribution in [0.1, 0.15) is 13.8 Å². The Morgan fingerprint density at radius 3 is 2.44 bits per heavy atom. The molecule has 2 N–H and O–H groups in total. The second-order valence-electron chi connectivity index (χ2n) is 4.33. The molecule has 0 aliphatic carbocycles. The molecular formula is C11H25NO5S. The largest absolute Gasteiger partial charge is 0.389 e. The van der Waals surface area contributed by atoms with E-state index in [2.05, 4.69) is 5.32 Å². The van der Waals surface area contributed by atoms with E-state index in [1.807, 2.05) is 6.92 Å². The summed E-state index contributed by atoms with van der Waals surface area (Å²) in [5, 5.41) is 12.5. The van der Waals surface area contributed by atoms with Gasteiger partial charge in [0.1, 0.15) is 9.84 Å². The normalized spacial score (nSPS) is 15.6. The molecule has 2 atom stereocenters. The lowest BCUT2D eigenvalue weighted by Gasteiger charge is -2.16. The van der Waals surface area contributed by atoms with Gasteiger partial charge in [-0.25, -0.2) is 8.42 Å². The van der Waals surface area contributed by atoms with Crippen LogP contribution in [0.15, 0.2) is 0 Å². The summed E-state index contributed by atoms with van der Waals surface area (Å²) in [6, 6.07) is -0.182. The topological polar surface area (TPSA) is 84.9 Å². The van der Waals surface area contributed by atoms with Crippen molar-refractivity contribution in [2.24, 2.45) is 0 Å². The van der Waals surface area contributed by atoms with Crippen molar-refractivity contribution in [1.29, 1.82) is 0 Å². The molecule has 0 bridgehead atoms. The highest BCUT2D eigenvalue weighted by Crippen LogP contribution is 1.92. The van der Waals surface area contributed by atoms with Crippen LogP contribution in [0.5, 0.6) is 0 Å². The summed E-state index contributed by atoms with van der Waals surface area (Å²) in [6.07, 6.45) is 0.548. The molecule has 0 aromatic heterocycles. The van der Waals surface area contributed by atoms with Gasteiger partial charge in [0.25, 0.3) is 0 Å². The van der Waals surface area contributed by atoms with Gasteiger partial charge in [-0.05, 0) is 13.8 Å². The molecule has 0 spiro atoms. The number of aliphatic hydroxyl groups excluding tert-OH is 1. The van der Waals surface area contributed by atoms with Crippen molar-refractivity contribution in [1.82, 2.24) is 5.32 Å². The van der Waals surface area contributed by atoms with Crippen LogP contribution < -0.4 is 5.32 Å². The van der Waals surface area contributed by atoms with E-state index in [4.69, 9.17) is 9.47 Å². The predicted octanol–water partition coefficient (Wildman–Crippen LogP) is -0.577. The second-order valence-corrected chi connectivity index (χ2v) is 6.51. The smallest absolute Gasteiger partial charge is 0.148 e. The van der Waals surface area contributed by atoms with Gasteiger partial charge in [0.2, 0.25) is 0 Å². The standard InChI is InChI=1S/C11H25NO5S/c1-4-16-5-6-17-8-11(13)7-12-10(2)9-18(3,14)15/h10-13H,4-9H2,1-3H3. The Bertz CT molecular complexity index is 294. The van der Waals surface area contributed by atoms with E-state index in [1.54, 1.807) is 6.92 Å². The van der Waals surface area contributed by atoms with Crippen LogP contribution in [0.3, 0.4) is 0 Å². The van der Waals surface area contributed by atoms with E-state index in [9.17, 15) is 13.5 Å². The summed E-state index contributed by atoms with van der Waals surface area (Å²) in [5.74, 6) is 0.0604. The van der Waals surface area contributed by atoms with Crippen LogP contribution in [0.2, 0.25) is 0 Å². The van der Waals surface area contributed by atoms with Gasteiger partial charge in [0, 0.05) is 25.4 Å². The average Bonchev–Trinajstić information content (AvgIpc) is 2.24. The molecule has 2 unspecified atom stereocenters. The molecule has 0 saturated carbocycles. The zero-order chi connectivity index (χ0) is 14.0. The van der Waals surface area contributed by atoms with E-state index in [0.29, 0.717) is 26.4 Å². The summed E-state index contributed by atoms with van der Waals surface area (Å²) in [4.78, 5) is 0. The van der Waals surface area contributed by atoms with E-state index in [0.717, 1.165) is 0 Å². The van der Waals surface area contributed by atoms with Crippen LogP contribution in [0, 0.1) is 0 Å². The SMILES string of the molecule is CCOCCOCC(O)CNC(C)CS(C)(=O)=O. The fourth-order valence-corrected chi connectivity index (χ4v) is 2.42. The third-order valence-corrected chi connectivity index (χ3v) is 3.25. The highest BCUT2D eigenvalue weighted by atomic mass is 32.2. The molecule has 7 heteroatoms. The maximum absolute atomic E-state index is 11.0. The highest BCUT2D eigenvalue weighted by molar-refractivity contribution is 7.90. The first kappa shape index (κ1) is 17.8. The van der Waals surface area contributed by atoms with Gasteiger partial charge in [0.15, 0.2) is 0 Å². The second kappa shape index (κ2) is 9.69. The lowest BCUT2D eigenvalue weighted by Crippen LogP contribution is -2.39. The molecule has 6 nitrogen and oxygen atoms in total. The van der Waals surface area contributed by atoms with E-state index < -0.39 is 15.9 Å². The predicted molar refractivity (Wildman–Crippen MR) is 70.5 cm³/mol. The molecule has 0 aromatic carbocycles. The third kappa shape index (κ3) is 12.3. The first-order chi connectivity index (χ1) is 8.35. The molecule has 0 saturated heterocycles. The fourth-order valence-electron chi connectivity index (χ4n) is 1.39. The van der Waals surface area contributed by atoms with Crippen molar-refractivity contribution in [3.63, 3.8) is 0 Å². The van der Waals surface area contributed by atoms with Crippen molar-refractivity contribution in [3.05, 3.63) is 0 Å². The zero-order valence-corrected chi connectivity index (χ0v) is 12.2. The number of hydrogen-bond donors (Lipinski definition) is 2. The lowest BCUT2D eigenvalue weighted by atomic mass is 10.3. The molecule has 0 aromatic rings. The van der Waals surface area contributed by atoms with Gasteiger partial charge in [-0.3, -0.25) is 0 Å². The molecule has 0 aliphatic heterocycles. The Morgan fingerprint density at radius 2 is 1.89 bits per heavy atom. The van der Waals surface area contributed by atoms with E-state index in [-0.39, 0.29) is 18.4 Å². The summed E-state index contributed by atoms with van der Waals surface area (Å²) in [7, 11) is -2.99. The molecule has 0 fully saturated rings. The summed E-state index contributed by atoms with van der Waals surface area (Å²) < 4.78 is 32.3. The fraction of sp³-hybridized carbons (Fsp3) is 1.00. The number of aliphatic hydroxyl groups is 1. The molecule has 0 rings (SSSR count). The minimum atomic E-state index is -2.99. The van der Waals surface area contributed by atoms with Crippen LogP contribution in [0.25, 0.3) is 0 Å². The highest BCUT2D eigenvalue weighted by Gasteiger charge is 2.12.